The van der Waals surface area contributed by atoms with Crippen LogP contribution in [0.5, 0.6) is 11.5 Å². The highest BCUT2D eigenvalue weighted by atomic mass is 35.5. The number of fused-ring (bicyclic) bond motifs is 2. The van der Waals surface area contributed by atoms with Crippen LogP contribution in [-0.4, -0.2) is 72.3 Å². The Balaban J connectivity index is 0.00000267. The monoisotopic (exact) mass is 504 g/mol. The quantitative estimate of drug-likeness (QED) is 0.352. The van der Waals surface area contributed by atoms with Gasteiger partial charge in [-0.3, -0.25) is 0 Å². The predicted molar refractivity (Wildman–Crippen MR) is 147 cm³/mol. The van der Waals surface area contributed by atoms with E-state index in [4.69, 9.17) is 19.4 Å². The highest BCUT2D eigenvalue weighted by Gasteiger charge is 2.16. The summed E-state index contributed by atoms with van der Waals surface area (Å²) in [6.07, 6.45) is 0. The SMILES string of the molecule is COc1ccc(-c2nc3ccc(-c4nc5ccc(N6CCN(C)CC6)cc5[nH]4)cc3[nH]2)cc1OC.Cl. The second-order valence-electron chi connectivity index (χ2n) is 8.96. The number of imidazole rings is 2. The summed E-state index contributed by atoms with van der Waals surface area (Å²) in [4.78, 5) is 21.4. The van der Waals surface area contributed by atoms with Crippen LogP contribution in [0.1, 0.15) is 0 Å². The number of nitrogens with one attached hydrogen (secondary N) is 2. The molecule has 1 fully saturated rings. The highest BCUT2D eigenvalue weighted by molar-refractivity contribution is 5.87. The van der Waals surface area contributed by atoms with E-state index in [1.165, 1.54) is 5.69 Å². The predicted octanol–water partition coefficient (Wildman–Crippen LogP) is 4.96. The number of anilines is 1. The van der Waals surface area contributed by atoms with Gasteiger partial charge in [-0.1, -0.05) is 0 Å². The summed E-state index contributed by atoms with van der Waals surface area (Å²) in [7, 11) is 5.44. The normalized spacial score (nSPS) is 14.2. The van der Waals surface area contributed by atoms with Gasteiger partial charge in [0.15, 0.2) is 11.5 Å². The molecule has 6 rings (SSSR count). The van der Waals surface area contributed by atoms with Crippen molar-refractivity contribution in [2.45, 2.75) is 0 Å². The number of hydrogen-bond acceptors (Lipinski definition) is 6. The zero-order valence-corrected chi connectivity index (χ0v) is 21.4. The van der Waals surface area contributed by atoms with Crippen molar-refractivity contribution in [2.24, 2.45) is 0 Å². The van der Waals surface area contributed by atoms with E-state index in [-0.39, 0.29) is 12.4 Å². The van der Waals surface area contributed by atoms with Gasteiger partial charge in [0.1, 0.15) is 11.6 Å². The van der Waals surface area contributed by atoms with Crippen molar-refractivity contribution in [3.63, 3.8) is 0 Å². The number of piperazine rings is 1. The molecule has 0 radical (unpaired) electrons. The van der Waals surface area contributed by atoms with Gasteiger partial charge in [-0.15, -0.1) is 12.4 Å². The minimum Gasteiger partial charge on any atom is -0.493 e. The van der Waals surface area contributed by atoms with Crippen LogP contribution in [0.2, 0.25) is 0 Å². The average Bonchev–Trinajstić information content (AvgIpc) is 3.52. The van der Waals surface area contributed by atoms with Gasteiger partial charge in [0, 0.05) is 43.0 Å². The van der Waals surface area contributed by atoms with Crippen LogP contribution < -0.4 is 14.4 Å². The lowest BCUT2D eigenvalue weighted by Crippen LogP contribution is -2.44. The molecule has 0 aliphatic carbocycles. The minimum atomic E-state index is 0. The third-order valence-electron chi connectivity index (χ3n) is 6.75. The molecule has 186 valence electrons. The van der Waals surface area contributed by atoms with Crippen molar-refractivity contribution in [1.29, 1.82) is 0 Å². The molecular weight excluding hydrogens is 476 g/mol. The number of halogens is 1. The molecule has 0 unspecified atom stereocenters. The molecule has 9 heteroatoms. The molecule has 5 aromatic rings. The molecule has 0 spiro atoms. The Labute approximate surface area is 215 Å². The molecule has 0 atom stereocenters. The summed E-state index contributed by atoms with van der Waals surface area (Å²) in [6, 6.07) is 18.4. The van der Waals surface area contributed by atoms with E-state index < -0.39 is 0 Å². The van der Waals surface area contributed by atoms with Crippen LogP contribution in [0, 0.1) is 0 Å². The molecule has 8 nitrogen and oxygen atoms in total. The summed E-state index contributed by atoms with van der Waals surface area (Å²) in [6.45, 7) is 4.26. The number of benzene rings is 3. The van der Waals surface area contributed by atoms with E-state index >= 15 is 0 Å². The first-order chi connectivity index (χ1) is 17.1. The number of rotatable bonds is 5. The van der Waals surface area contributed by atoms with Crippen molar-refractivity contribution in [2.75, 3.05) is 52.3 Å². The van der Waals surface area contributed by atoms with Crippen molar-refractivity contribution >= 4 is 40.2 Å². The number of H-pyrrole nitrogens is 2. The van der Waals surface area contributed by atoms with Crippen LogP contribution in [0.3, 0.4) is 0 Å². The Morgan fingerprint density at radius 1 is 0.694 bits per heavy atom. The Kier molecular flexibility index (Phi) is 6.47. The fourth-order valence-electron chi connectivity index (χ4n) is 4.67. The van der Waals surface area contributed by atoms with E-state index in [1.807, 2.05) is 24.3 Å². The molecule has 36 heavy (non-hydrogen) atoms. The number of aromatic amines is 2. The third-order valence-corrected chi connectivity index (χ3v) is 6.75. The molecule has 1 aliphatic rings. The number of ether oxygens (including phenoxy) is 2. The van der Waals surface area contributed by atoms with Crippen molar-refractivity contribution in [1.82, 2.24) is 24.8 Å². The first-order valence-corrected chi connectivity index (χ1v) is 11.8. The second-order valence-corrected chi connectivity index (χ2v) is 8.96. The summed E-state index contributed by atoms with van der Waals surface area (Å²) < 4.78 is 10.8. The fourth-order valence-corrected chi connectivity index (χ4v) is 4.67. The topological polar surface area (TPSA) is 82.3 Å². The molecule has 3 aromatic carbocycles. The maximum Gasteiger partial charge on any atom is 0.161 e. The van der Waals surface area contributed by atoms with Gasteiger partial charge in [-0.05, 0) is 61.6 Å². The summed E-state index contributed by atoms with van der Waals surface area (Å²) >= 11 is 0. The van der Waals surface area contributed by atoms with E-state index in [0.717, 1.165) is 71.0 Å². The van der Waals surface area contributed by atoms with Gasteiger partial charge in [-0.25, -0.2) is 9.97 Å². The molecule has 1 saturated heterocycles. The Morgan fingerprint density at radius 2 is 1.28 bits per heavy atom. The van der Waals surface area contributed by atoms with Gasteiger partial charge >= 0.3 is 0 Å². The lowest BCUT2D eigenvalue weighted by Gasteiger charge is -2.34. The van der Waals surface area contributed by atoms with E-state index in [0.29, 0.717) is 11.5 Å². The summed E-state index contributed by atoms with van der Waals surface area (Å²) in [5.41, 5.74) is 7.04. The van der Waals surface area contributed by atoms with E-state index in [2.05, 4.69) is 57.1 Å². The van der Waals surface area contributed by atoms with E-state index in [1.54, 1.807) is 14.2 Å². The fraction of sp³-hybridized carbons (Fsp3) is 0.259. The molecule has 3 heterocycles. The molecular formula is C27H29ClN6O2. The third kappa shape index (κ3) is 4.34. The number of hydrogen-bond donors (Lipinski definition) is 2. The standard InChI is InChI=1S/C27H28N6O2.ClH/c1-32-10-12-33(13-11-32)19-6-8-21-23(16-19)31-26(29-21)17-4-7-20-22(14-17)30-27(28-20)18-5-9-24(34-2)25(15-18)35-3;/h4-9,14-16H,10-13H2,1-3H3,(H,28,30)(H,29,31);1H. The van der Waals surface area contributed by atoms with Crippen LogP contribution in [-0.2, 0) is 0 Å². The Bertz CT molecular complexity index is 1520. The molecule has 0 saturated carbocycles. The van der Waals surface area contributed by atoms with Crippen LogP contribution in [0.25, 0.3) is 44.8 Å². The largest absolute Gasteiger partial charge is 0.493 e. The zero-order chi connectivity index (χ0) is 23.9. The van der Waals surface area contributed by atoms with Gasteiger partial charge in [0.2, 0.25) is 0 Å². The first kappa shape index (κ1) is 24.0. The smallest absolute Gasteiger partial charge is 0.161 e. The first-order valence-electron chi connectivity index (χ1n) is 11.8. The van der Waals surface area contributed by atoms with Crippen LogP contribution in [0.4, 0.5) is 5.69 Å². The molecule has 2 aromatic heterocycles. The molecule has 0 amide bonds. The Morgan fingerprint density at radius 3 is 1.94 bits per heavy atom. The average molecular weight is 505 g/mol. The van der Waals surface area contributed by atoms with Crippen molar-refractivity contribution in [3.8, 4) is 34.3 Å². The minimum absolute atomic E-state index is 0. The van der Waals surface area contributed by atoms with Gasteiger partial charge in [-0.2, -0.15) is 0 Å². The second kappa shape index (κ2) is 9.72. The summed E-state index contributed by atoms with van der Waals surface area (Å²) in [5.74, 6) is 2.99. The lowest BCUT2D eigenvalue weighted by atomic mass is 10.2. The Hall–Kier alpha value is -3.75. The van der Waals surface area contributed by atoms with Crippen LogP contribution in [0.15, 0.2) is 54.6 Å². The van der Waals surface area contributed by atoms with E-state index in [9.17, 15) is 0 Å². The highest BCUT2D eigenvalue weighted by Crippen LogP contribution is 2.33. The lowest BCUT2D eigenvalue weighted by molar-refractivity contribution is 0.313. The number of methoxy groups -OCH3 is 2. The molecule has 0 bridgehead atoms. The summed E-state index contributed by atoms with van der Waals surface area (Å²) in [5, 5.41) is 0. The van der Waals surface area contributed by atoms with Gasteiger partial charge in [0.25, 0.3) is 0 Å². The maximum atomic E-state index is 5.45. The van der Waals surface area contributed by atoms with Crippen molar-refractivity contribution < 1.29 is 9.47 Å². The van der Waals surface area contributed by atoms with Gasteiger partial charge in [0.05, 0.1) is 36.3 Å². The number of aromatic nitrogens is 4. The van der Waals surface area contributed by atoms with Crippen LogP contribution >= 0.6 is 12.4 Å². The van der Waals surface area contributed by atoms with Crippen molar-refractivity contribution in [3.05, 3.63) is 54.6 Å². The number of nitrogens with zero attached hydrogens (tertiary/aromatic N) is 4. The zero-order valence-electron chi connectivity index (χ0n) is 20.5. The maximum absolute atomic E-state index is 5.45. The molecule has 2 N–H and O–H groups in total. The number of likely N-dealkylation sites (N-methyl/N-ethyl adjacent to an activating group) is 1. The molecule has 1 aliphatic heterocycles. The van der Waals surface area contributed by atoms with Gasteiger partial charge < -0.3 is 29.2 Å².